The Balaban J connectivity index is 1.65. The molecule has 1 aliphatic heterocycles. The summed E-state index contributed by atoms with van der Waals surface area (Å²) < 4.78 is 5.41. The van der Waals surface area contributed by atoms with E-state index >= 15 is 0 Å². The molecule has 4 nitrogen and oxygen atoms in total. The van der Waals surface area contributed by atoms with Crippen molar-refractivity contribution in [3.8, 4) is 0 Å². The quantitative estimate of drug-likeness (QED) is 0.723. The highest BCUT2D eigenvalue weighted by atomic mass is 16.5. The van der Waals surface area contributed by atoms with Crippen LogP contribution in [0.4, 0.5) is 11.4 Å². The molecule has 0 amide bonds. The number of nitrogens with zero attached hydrogens (tertiary/aromatic N) is 2. The van der Waals surface area contributed by atoms with Gasteiger partial charge in [0.05, 0.1) is 24.5 Å². The first-order chi connectivity index (χ1) is 13.5. The predicted octanol–water partition coefficient (Wildman–Crippen LogP) is 4.95. The molecule has 0 fully saturated rings. The van der Waals surface area contributed by atoms with Gasteiger partial charge >= 0.3 is 0 Å². The zero-order valence-electron chi connectivity index (χ0n) is 18.0. The second-order valence-corrected chi connectivity index (χ2v) is 7.84. The van der Waals surface area contributed by atoms with Gasteiger partial charge in [-0.25, -0.2) is 0 Å². The van der Waals surface area contributed by atoms with E-state index in [1.807, 2.05) is 0 Å². The predicted molar refractivity (Wildman–Crippen MR) is 120 cm³/mol. The van der Waals surface area contributed by atoms with Crippen LogP contribution in [0.25, 0.3) is 0 Å². The minimum absolute atomic E-state index is 0.342. The number of hydrogen-bond donors (Lipinski definition) is 1. The van der Waals surface area contributed by atoms with Gasteiger partial charge in [0, 0.05) is 25.8 Å². The number of allylic oxidation sites excluding steroid dienone is 3. The maximum Gasteiger partial charge on any atom is 0.114 e. The number of anilines is 2. The lowest BCUT2D eigenvalue weighted by Gasteiger charge is -2.38. The monoisotopic (exact) mass is 381 g/mol. The molecule has 2 unspecified atom stereocenters. The number of aryl methyl sites for hydroxylation is 1. The van der Waals surface area contributed by atoms with Gasteiger partial charge in [-0.2, -0.15) is 0 Å². The van der Waals surface area contributed by atoms with Crippen LogP contribution in [0.15, 0.2) is 54.0 Å². The van der Waals surface area contributed by atoms with E-state index in [0.717, 1.165) is 38.2 Å². The zero-order chi connectivity index (χ0) is 20.1. The van der Waals surface area contributed by atoms with E-state index in [0.29, 0.717) is 12.0 Å². The van der Waals surface area contributed by atoms with Crippen LogP contribution in [-0.4, -0.2) is 44.7 Å². The SMILES string of the molecule is C/C=C1/C(CCN(CC)CC2C=C(OC)C=CC2)Nc2cc(C)ccc2N1C. The van der Waals surface area contributed by atoms with Gasteiger partial charge in [-0.1, -0.05) is 25.1 Å². The molecule has 3 rings (SSSR count). The summed E-state index contributed by atoms with van der Waals surface area (Å²) in [6, 6.07) is 7.00. The van der Waals surface area contributed by atoms with Crippen molar-refractivity contribution in [2.45, 2.75) is 39.7 Å². The highest BCUT2D eigenvalue weighted by Crippen LogP contribution is 2.36. The topological polar surface area (TPSA) is 27.7 Å². The smallest absolute Gasteiger partial charge is 0.114 e. The number of rotatable bonds is 7. The highest BCUT2D eigenvalue weighted by molar-refractivity contribution is 5.77. The summed E-state index contributed by atoms with van der Waals surface area (Å²) in [6.07, 6.45) is 11.0. The minimum atomic E-state index is 0.342. The zero-order valence-corrected chi connectivity index (χ0v) is 18.0. The van der Waals surface area contributed by atoms with Crippen LogP contribution < -0.4 is 10.2 Å². The van der Waals surface area contributed by atoms with Crippen molar-refractivity contribution in [1.29, 1.82) is 0 Å². The Bertz CT molecular complexity index is 765. The van der Waals surface area contributed by atoms with Gasteiger partial charge < -0.3 is 19.9 Å². The third-order valence-corrected chi connectivity index (χ3v) is 5.91. The summed E-state index contributed by atoms with van der Waals surface area (Å²) in [7, 11) is 3.93. The molecule has 1 heterocycles. The van der Waals surface area contributed by atoms with Gasteiger partial charge in [-0.15, -0.1) is 0 Å². The summed E-state index contributed by atoms with van der Waals surface area (Å²) in [5.41, 5.74) is 5.15. The Morgan fingerprint density at radius 2 is 2.18 bits per heavy atom. The van der Waals surface area contributed by atoms with Crippen LogP contribution in [0.5, 0.6) is 0 Å². The lowest BCUT2D eigenvalue weighted by Crippen LogP contribution is -2.40. The van der Waals surface area contributed by atoms with Crippen molar-refractivity contribution >= 4 is 11.4 Å². The van der Waals surface area contributed by atoms with E-state index < -0.39 is 0 Å². The summed E-state index contributed by atoms with van der Waals surface area (Å²) >= 11 is 0. The molecular formula is C24H35N3O. The Hall–Kier alpha value is -2.20. The number of benzene rings is 1. The maximum atomic E-state index is 5.41. The number of fused-ring (bicyclic) bond motifs is 1. The molecule has 4 heteroatoms. The average molecular weight is 382 g/mol. The van der Waals surface area contributed by atoms with Crippen molar-refractivity contribution in [2.24, 2.45) is 5.92 Å². The molecule has 0 bridgehead atoms. The molecular weight excluding hydrogens is 346 g/mol. The van der Waals surface area contributed by atoms with E-state index in [9.17, 15) is 0 Å². The summed E-state index contributed by atoms with van der Waals surface area (Å²) in [5, 5.41) is 3.79. The van der Waals surface area contributed by atoms with E-state index in [2.05, 4.69) is 85.4 Å². The van der Waals surface area contributed by atoms with Gasteiger partial charge in [0.15, 0.2) is 0 Å². The standard InChI is InChI=1S/C24H35N3O/c1-6-23-21(25-22-15-18(3)11-12-24(22)26(23)4)13-14-27(7-2)17-19-9-8-10-20(16-19)28-5/h6,8,10-12,15-16,19,21,25H,7,9,13-14,17H2,1-5H3/b23-6-. The van der Waals surface area contributed by atoms with Crippen LogP contribution in [0.2, 0.25) is 0 Å². The van der Waals surface area contributed by atoms with E-state index in [4.69, 9.17) is 4.74 Å². The Labute approximate surface area is 170 Å². The van der Waals surface area contributed by atoms with Crippen molar-refractivity contribution in [3.63, 3.8) is 0 Å². The minimum Gasteiger partial charge on any atom is -0.497 e. The highest BCUT2D eigenvalue weighted by Gasteiger charge is 2.26. The van der Waals surface area contributed by atoms with Gasteiger partial charge in [0.2, 0.25) is 0 Å². The molecule has 152 valence electrons. The molecule has 0 spiro atoms. The van der Waals surface area contributed by atoms with Crippen LogP contribution in [-0.2, 0) is 4.74 Å². The average Bonchev–Trinajstić information content (AvgIpc) is 2.71. The second kappa shape index (κ2) is 9.33. The van der Waals surface area contributed by atoms with Crippen molar-refractivity contribution in [2.75, 3.05) is 44.0 Å². The van der Waals surface area contributed by atoms with Gasteiger partial charge in [0.1, 0.15) is 5.76 Å². The lowest BCUT2D eigenvalue weighted by atomic mass is 9.98. The summed E-state index contributed by atoms with van der Waals surface area (Å²) in [5.74, 6) is 1.53. The molecule has 0 radical (unpaired) electrons. The lowest BCUT2D eigenvalue weighted by molar-refractivity contribution is 0.245. The maximum absolute atomic E-state index is 5.41. The Morgan fingerprint density at radius 3 is 2.89 bits per heavy atom. The fourth-order valence-electron chi connectivity index (χ4n) is 4.31. The first-order valence-corrected chi connectivity index (χ1v) is 10.5. The molecule has 0 saturated heterocycles. The molecule has 2 aliphatic rings. The molecule has 1 aliphatic carbocycles. The molecule has 1 N–H and O–H groups in total. The molecule has 0 aromatic heterocycles. The summed E-state index contributed by atoms with van der Waals surface area (Å²) in [6.45, 7) is 9.78. The Kier molecular flexibility index (Phi) is 6.84. The van der Waals surface area contributed by atoms with Crippen molar-refractivity contribution in [3.05, 3.63) is 59.5 Å². The number of nitrogens with one attached hydrogen (secondary N) is 1. The van der Waals surface area contributed by atoms with Crippen LogP contribution in [0, 0.1) is 12.8 Å². The number of ether oxygens (including phenoxy) is 1. The first kappa shape index (κ1) is 20.5. The molecule has 1 aromatic carbocycles. The molecule has 0 saturated carbocycles. The van der Waals surface area contributed by atoms with Gasteiger partial charge in [-0.05, 0) is 69.0 Å². The number of likely N-dealkylation sites (N-methyl/N-ethyl adjacent to an activating group) is 1. The Morgan fingerprint density at radius 1 is 1.36 bits per heavy atom. The van der Waals surface area contributed by atoms with E-state index in [-0.39, 0.29) is 0 Å². The normalized spacial score (nSPS) is 22.9. The fraction of sp³-hybridized carbons (Fsp3) is 0.500. The molecule has 28 heavy (non-hydrogen) atoms. The van der Waals surface area contributed by atoms with E-state index in [1.54, 1.807) is 7.11 Å². The number of methoxy groups -OCH3 is 1. The molecule has 2 atom stereocenters. The van der Waals surface area contributed by atoms with E-state index in [1.165, 1.54) is 22.6 Å². The fourth-order valence-corrected chi connectivity index (χ4v) is 4.31. The second-order valence-electron chi connectivity index (χ2n) is 7.84. The van der Waals surface area contributed by atoms with Gasteiger partial charge in [-0.3, -0.25) is 0 Å². The summed E-state index contributed by atoms with van der Waals surface area (Å²) in [4.78, 5) is 4.90. The van der Waals surface area contributed by atoms with Crippen molar-refractivity contribution in [1.82, 2.24) is 4.90 Å². The number of hydrogen-bond acceptors (Lipinski definition) is 4. The third-order valence-electron chi connectivity index (χ3n) is 5.91. The third kappa shape index (κ3) is 4.61. The van der Waals surface area contributed by atoms with Crippen LogP contribution >= 0.6 is 0 Å². The van der Waals surface area contributed by atoms with Crippen LogP contribution in [0.1, 0.15) is 32.3 Å². The van der Waals surface area contributed by atoms with Gasteiger partial charge in [0.25, 0.3) is 0 Å². The van der Waals surface area contributed by atoms with Crippen LogP contribution in [0.3, 0.4) is 0 Å². The molecule has 1 aromatic rings. The first-order valence-electron chi connectivity index (χ1n) is 10.5. The van der Waals surface area contributed by atoms with Crippen molar-refractivity contribution < 1.29 is 4.74 Å². The largest absolute Gasteiger partial charge is 0.497 e.